The van der Waals surface area contributed by atoms with Gasteiger partial charge in [-0.2, -0.15) is 5.26 Å². The summed E-state index contributed by atoms with van der Waals surface area (Å²) in [4.78, 5) is 13.9. The van der Waals surface area contributed by atoms with Crippen LogP contribution in [0.4, 0.5) is 5.88 Å². The first-order valence-electron chi connectivity index (χ1n) is 8.22. The molecule has 1 amide bonds. The number of nitrogens with zero attached hydrogens (tertiary/aromatic N) is 2. The van der Waals surface area contributed by atoms with E-state index in [9.17, 15) is 10.1 Å². The Morgan fingerprint density at radius 3 is 2.15 bits per heavy atom. The van der Waals surface area contributed by atoms with Crippen LogP contribution in [-0.2, 0) is 4.79 Å². The van der Waals surface area contributed by atoms with Gasteiger partial charge in [0.15, 0.2) is 0 Å². The number of hydrogen-bond donors (Lipinski definition) is 1. The van der Waals surface area contributed by atoms with Crippen molar-refractivity contribution in [3.63, 3.8) is 0 Å². The van der Waals surface area contributed by atoms with Crippen LogP contribution in [0.15, 0.2) is 65.1 Å². The van der Waals surface area contributed by atoms with Crippen molar-refractivity contribution >= 4 is 11.8 Å². The van der Waals surface area contributed by atoms with Gasteiger partial charge >= 0.3 is 0 Å². The minimum absolute atomic E-state index is 0.178. The molecule has 0 unspecified atom stereocenters. The van der Waals surface area contributed by atoms with Crippen molar-refractivity contribution in [3.05, 3.63) is 66.2 Å². The summed E-state index contributed by atoms with van der Waals surface area (Å²) in [6.07, 6.45) is 0. The number of likely N-dealkylation sites (N-methyl/N-ethyl adjacent to an activating group) is 1. The van der Waals surface area contributed by atoms with Crippen LogP contribution >= 0.6 is 0 Å². The Morgan fingerprint density at radius 1 is 1.04 bits per heavy atom. The molecule has 0 aliphatic heterocycles. The molecular weight excluding hydrogens is 326 g/mol. The molecule has 130 valence electrons. The second-order valence-electron chi connectivity index (χ2n) is 6.14. The zero-order chi connectivity index (χ0) is 18.5. The molecule has 3 rings (SSSR count). The summed E-state index contributed by atoms with van der Waals surface area (Å²) in [5.41, 5.74) is 2.71. The van der Waals surface area contributed by atoms with Gasteiger partial charge in [0.2, 0.25) is 11.8 Å². The van der Waals surface area contributed by atoms with E-state index in [1.54, 1.807) is 19.0 Å². The molecule has 0 bridgehead atoms. The monoisotopic (exact) mass is 345 g/mol. The van der Waals surface area contributed by atoms with Crippen molar-refractivity contribution in [2.45, 2.75) is 0 Å². The number of benzene rings is 2. The van der Waals surface area contributed by atoms with E-state index in [-0.39, 0.29) is 18.3 Å². The molecule has 5 heteroatoms. The summed E-state index contributed by atoms with van der Waals surface area (Å²) in [5.74, 6) is 0.505. The smallest absolute Gasteiger partial charge is 0.240 e. The van der Waals surface area contributed by atoms with Gasteiger partial charge in [-0.05, 0) is 19.7 Å². The largest absolute Gasteiger partial charge is 0.438 e. The number of carbonyl (C=O) groups is 1. The quantitative estimate of drug-likeness (QED) is 0.759. The minimum Gasteiger partial charge on any atom is -0.438 e. The molecule has 5 nitrogen and oxygen atoms in total. The maximum atomic E-state index is 12.2. The summed E-state index contributed by atoms with van der Waals surface area (Å²) in [7, 11) is 3.61. The van der Waals surface area contributed by atoms with E-state index in [0.717, 1.165) is 11.1 Å². The van der Waals surface area contributed by atoms with Gasteiger partial charge in [0.1, 0.15) is 17.4 Å². The van der Waals surface area contributed by atoms with Crippen molar-refractivity contribution < 1.29 is 9.21 Å². The molecule has 0 fully saturated rings. The van der Waals surface area contributed by atoms with Crippen LogP contribution < -0.4 is 5.32 Å². The number of hydrogen-bond acceptors (Lipinski definition) is 4. The first kappa shape index (κ1) is 17.5. The van der Waals surface area contributed by atoms with Gasteiger partial charge in [-0.25, -0.2) is 0 Å². The lowest BCUT2D eigenvalue weighted by atomic mass is 9.98. The number of nitrogens with one attached hydrogen (secondary N) is 1. The predicted octanol–water partition coefficient (Wildman–Crippen LogP) is 3.99. The molecule has 1 aromatic heterocycles. The minimum atomic E-state index is -0.237. The highest BCUT2D eigenvalue weighted by Crippen LogP contribution is 2.41. The third-order valence-corrected chi connectivity index (χ3v) is 3.83. The van der Waals surface area contributed by atoms with E-state index in [1.807, 2.05) is 60.7 Å². The molecule has 0 radical (unpaired) electrons. The Hall–Kier alpha value is -3.36. The second-order valence-corrected chi connectivity index (χ2v) is 6.14. The van der Waals surface area contributed by atoms with Crippen LogP contribution in [0, 0.1) is 11.3 Å². The maximum absolute atomic E-state index is 12.2. The maximum Gasteiger partial charge on any atom is 0.240 e. The molecule has 0 aliphatic carbocycles. The normalized spacial score (nSPS) is 10.5. The van der Waals surface area contributed by atoms with Gasteiger partial charge in [0.05, 0.1) is 6.54 Å². The lowest BCUT2D eigenvalue weighted by Gasteiger charge is -2.08. The first-order chi connectivity index (χ1) is 12.6. The summed E-state index contributed by atoms with van der Waals surface area (Å²) in [5, 5.41) is 12.5. The highest BCUT2D eigenvalue weighted by atomic mass is 16.4. The van der Waals surface area contributed by atoms with Gasteiger partial charge in [0, 0.05) is 11.1 Å². The van der Waals surface area contributed by atoms with Crippen molar-refractivity contribution in [2.24, 2.45) is 0 Å². The summed E-state index contributed by atoms with van der Waals surface area (Å²) in [6.45, 7) is 0.201. The fourth-order valence-corrected chi connectivity index (χ4v) is 2.75. The lowest BCUT2D eigenvalue weighted by molar-refractivity contribution is -0.116. The van der Waals surface area contributed by atoms with Crippen LogP contribution in [0.3, 0.4) is 0 Å². The standard InChI is InChI=1S/C21H19N3O2/c1-24(2)14-18(25)23-21-17(13-22)19(15-9-5-3-6-10-15)20(26-21)16-11-7-4-8-12-16/h3-12H,14H2,1-2H3,(H,23,25). The summed E-state index contributed by atoms with van der Waals surface area (Å²) >= 11 is 0. The fraction of sp³-hybridized carbons (Fsp3) is 0.143. The van der Waals surface area contributed by atoms with E-state index in [1.165, 1.54) is 0 Å². The molecule has 26 heavy (non-hydrogen) atoms. The second kappa shape index (κ2) is 7.68. The number of anilines is 1. The number of amides is 1. The van der Waals surface area contributed by atoms with Gasteiger partial charge < -0.3 is 9.32 Å². The summed E-state index contributed by atoms with van der Waals surface area (Å²) < 4.78 is 5.96. The van der Waals surface area contributed by atoms with Crippen molar-refractivity contribution in [2.75, 3.05) is 26.0 Å². The van der Waals surface area contributed by atoms with E-state index in [2.05, 4.69) is 11.4 Å². The van der Waals surface area contributed by atoms with Crippen molar-refractivity contribution in [1.82, 2.24) is 4.90 Å². The van der Waals surface area contributed by atoms with Crippen LogP contribution in [0.25, 0.3) is 22.5 Å². The Bertz CT molecular complexity index is 939. The molecule has 0 spiro atoms. The number of rotatable bonds is 5. The topological polar surface area (TPSA) is 69.3 Å². The zero-order valence-corrected chi connectivity index (χ0v) is 14.7. The highest BCUT2D eigenvalue weighted by Gasteiger charge is 2.24. The average molecular weight is 345 g/mol. The highest BCUT2D eigenvalue weighted by molar-refractivity contribution is 5.96. The number of nitriles is 1. The molecule has 0 saturated heterocycles. The van der Waals surface area contributed by atoms with E-state index in [4.69, 9.17) is 4.42 Å². The number of carbonyl (C=O) groups excluding carboxylic acids is 1. The SMILES string of the molecule is CN(C)CC(=O)Nc1oc(-c2ccccc2)c(-c2ccccc2)c1C#N. The summed E-state index contributed by atoms with van der Waals surface area (Å²) in [6, 6.07) is 21.3. The van der Waals surface area contributed by atoms with Gasteiger partial charge in [-0.15, -0.1) is 0 Å². The predicted molar refractivity (Wildman–Crippen MR) is 101 cm³/mol. The molecular formula is C21H19N3O2. The molecule has 1 N–H and O–H groups in total. The van der Waals surface area contributed by atoms with Gasteiger partial charge in [0.25, 0.3) is 0 Å². The molecule has 0 aliphatic rings. The van der Waals surface area contributed by atoms with Crippen LogP contribution in [-0.4, -0.2) is 31.4 Å². The lowest BCUT2D eigenvalue weighted by Crippen LogP contribution is -2.27. The Morgan fingerprint density at radius 2 is 1.62 bits per heavy atom. The van der Waals surface area contributed by atoms with E-state index < -0.39 is 0 Å². The number of furan rings is 1. The van der Waals surface area contributed by atoms with Crippen molar-refractivity contribution in [1.29, 1.82) is 5.26 Å². The van der Waals surface area contributed by atoms with Crippen LogP contribution in [0.1, 0.15) is 5.56 Å². The molecule has 3 aromatic rings. The third kappa shape index (κ3) is 3.66. The first-order valence-corrected chi connectivity index (χ1v) is 8.22. The zero-order valence-electron chi connectivity index (χ0n) is 14.7. The Balaban J connectivity index is 2.14. The third-order valence-electron chi connectivity index (χ3n) is 3.83. The average Bonchev–Trinajstić information content (AvgIpc) is 3.00. The van der Waals surface area contributed by atoms with Gasteiger partial charge in [-0.3, -0.25) is 10.1 Å². The van der Waals surface area contributed by atoms with Crippen LogP contribution in [0.5, 0.6) is 0 Å². The molecule has 1 heterocycles. The molecule has 0 saturated carbocycles. The fourth-order valence-electron chi connectivity index (χ4n) is 2.75. The Kier molecular flexibility index (Phi) is 5.16. The van der Waals surface area contributed by atoms with Crippen molar-refractivity contribution in [3.8, 4) is 28.5 Å². The Labute approximate surface area is 152 Å². The van der Waals surface area contributed by atoms with E-state index in [0.29, 0.717) is 16.9 Å². The molecule has 2 aromatic carbocycles. The molecule has 0 atom stereocenters. The van der Waals surface area contributed by atoms with Gasteiger partial charge in [-0.1, -0.05) is 60.7 Å². The van der Waals surface area contributed by atoms with Crippen LogP contribution in [0.2, 0.25) is 0 Å². The van der Waals surface area contributed by atoms with E-state index >= 15 is 0 Å².